The summed E-state index contributed by atoms with van der Waals surface area (Å²) in [7, 11) is 1.90. The van der Waals surface area contributed by atoms with Crippen molar-refractivity contribution in [2.24, 2.45) is 0 Å². The fourth-order valence-electron chi connectivity index (χ4n) is 5.03. The molecule has 1 saturated heterocycles. The number of thioether (sulfide) groups is 2. The molecule has 6 rings (SSSR count). The van der Waals surface area contributed by atoms with Crippen LogP contribution >= 0.6 is 47.1 Å². The molecule has 15 heteroatoms. The number of hydrogen-bond acceptors (Lipinski definition) is 11. The molecule has 2 N–H and O–H groups in total. The zero-order valence-electron chi connectivity index (χ0n) is 23.2. The first-order valence-electron chi connectivity index (χ1n) is 13.6. The summed E-state index contributed by atoms with van der Waals surface area (Å²) in [5.74, 6) is -1.92. The van der Waals surface area contributed by atoms with Crippen molar-refractivity contribution < 1.29 is 29.2 Å². The van der Waals surface area contributed by atoms with Crippen LogP contribution in [0.1, 0.15) is 25.7 Å². The molecule has 4 aliphatic heterocycles. The molecule has 5 heterocycles. The highest BCUT2D eigenvalue weighted by atomic mass is 32.2. The van der Waals surface area contributed by atoms with Gasteiger partial charge in [0, 0.05) is 18.4 Å². The van der Waals surface area contributed by atoms with E-state index in [0.29, 0.717) is 0 Å². The Morgan fingerprint density at radius 1 is 1.12 bits per heavy atom. The predicted octanol–water partition coefficient (Wildman–Crippen LogP) is 0.151. The van der Waals surface area contributed by atoms with Crippen molar-refractivity contribution in [2.75, 3.05) is 38.1 Å². The smallest absolute Gasteiger partial charge is 0.323 e. The summed E-state index contributed by atoms with van der Waals surface area (Å²) < 4.78 is 3.78. The number of carbonyl (C=O) groups is 3. The van der Waals surface area contributed by atoms with Gasteiger partial charge in [0.05, 0.1) is 34.3 Å². The third-order valence-electron chi connectivity index (χ3n) is 7.11. The van der Waals surface area contributed by atoms with Crippen LogP contribution < -0.4 is 30.1 Å². The molecule has 0 bridgehead atoms. The number of carboxylic acids is 2. The highest BCUT2D eigenvalue weighted by Gasteiger charge is 2.35. The lowest BCUT2D eigenvalue weighted by molar-refractivity contribution is -0.518. The summed E-state index contributed by atoms with van der Waals surface area (Å²) >= 11 is 8.40. The van der Waals surface area contributed by atoms with Crippen LogP contribution in [0.3, 0.4) is 0 Å². The van der Waals surface area contributed by atoms with Gasteiger partial charge in [0.2, 0.25) is 5.84 Å². The third-order valence-corrected chi connectivity index (χ3v) is 11.0. The van der Waals surface area contributed by atoms with E-state index in [2.05, 4.69) is 9.89 Å². The fraction of sp³-hybridized carbons (Fsp3) is 0.357. The Balaban J connectivity index is 0.000000308. The summed E-state index contributed by atoms with van der Waals surface area (Å²) in [5, 5.41) is 24.6. The van der Waals surface area contributed by atoms with E-state index in [4.69, 9.17) is 17.3 Å². The van der Waals surface area contributed by atoms with Gasteiger partial charge in [0.25, 0.3) is 11.5 Å². The lowest BCUT2D eigenvalue weighted by atomic mass is 10.2. The van der Waals surface area contributed by atoms with Crippen LogP contribution in [0, 0.1) is 0 Å². The Kier molecular flexibility index (Phi) is 9.74. The molecule has 1 aromatic carbocycles. The van der Waals surface area contributed by atoms with Crippen LogP contribution in [-0.4, -0.2) is 80.4 Å². The average molecular weight is 660 g/mol. The van der Waals surface area contributed by atoms with Crippen LogP contribution in [0.15, 0.2) is 45.1 Å². The second kappa shape index (κ2) is 13.5. The van der Waals surface area contributed by atoms with Gasteiger partial charge < -0.3 is 19.9 Å². The first-order valence-corrected chi connectivity index (χ1v) is 16.5. The molecule has 0 unspecified atom stereocenters. The van der Waals surface area contributed by atoms with Gasteiger partial charge in [-0.1, -0.05) is 47.9 Å². The number of hydrogen-bond donors (Lipinski definition) is 2. The number of thiocarbonyl (C=S) groups is 1. The van der Waals surface area contributed by atoms with E-state index in [-0.39, 0.29) is 18.4 Å². The number of allylic oxidation sites excluding steroid dienone is 1. The zero-order chi connectivity index (χ0) is 30.7. The van der Waals surface area contributed by atoms with E-state index in [0.717, 1.165) is 48.2 Å². The van der Waals surface area contributed by atoms with Crippen molar-refractivity contribution in [3.8, 4) is 0 Å². The fourth-order valence-corrected chi connectivity index (χ4v) is 8.54. The maximum absolute atomic E-state index is 13.0. The summed E-state index contributed by atoms with van der Waals surface area (Å²) in [4.78, 5) is 52.0. The van der Waals surface area contributed by atoms with Crippen LogP contribution in [0.25, 0.3) is 11.0 Å². The molecule has 2 aromatic rings. The number of carbonyl (C=O) groups excluding carboxylic acids is 2. The number of aliphatic carboxylic acids is 2. The molecule has 0 radical (unpaired) electrons. The topological polar surface area (TPSA) is 138 Å². The van der Waals surface area contributed by atoms with Gasteiger partial charge in [0.15, 0.2) is 0 Å². The molecule has 0 saturated carbocycles. The first-order chi connectivity index (χ1) is 20.6. The summed E-state index contributed by atoms with van der Waals surface area (Å²) in [6.45, 7) is 2.34. The van der Waals surface area contributed by atoms with Gasteiger partial charge in [0.1, 0.15) is 33.5 Å². The number of rotatable bonds is 5. The van der Waals surface area contributed by atoms with Gasteiger partial charge >= 0.3 is 5.97 Å². The zero-order valence-corrected chi connectivity index (χ0v) is 26.5. The number of benzene rings is 1. The second-order valence-electron chi connectivity index (χ2n) is 9.99. The van der Waals surface area contributed by atoms with E-state index in [1.165, 1.54) is 62.9 Å². The molecule has 11 nitrogen and oxygen atoms in total. The van der Waals surface area contributed by atoms with Gasteiger partial charge in [-0.25, -0.2) is 0 Å². The minimum atomic E-state index is -1.50. The third kappa shape index (κ3) is 6.89. The van der Waals surface area contributed by atoms with Crippen LogP contribution in [0.5, 0.6) is 0 Å². The number of anilines is 1. The predicted molar refractivity (Wildman–Crippen MR) is 171 cm³/mol. The molecule has 0 spiro atoms. The number of fused-ring (bicyclic) bond motifs is 1. The van der Waals surface area contributed by atoms with Crippen LogP contribution in [-0.2, 0) is 20.9 Å². The summed E-state index contributed by atoms with van der Waals surface area (Å²) in [6.07, 6.45) is 8.82. The normalized spacial score (nSPS) is 20.6. The Morgan fingerprint density at radius 2 is 1.91 bits per heavy atom. The van der Waals surface area contributed by atoms with Gasteiger partial charge in [-0.05, 0) is 43.5 Å². The van der Waals surface area contributed by atoms with Crippen LogP contribution in [0.2, 0.25) is 0 Å². The van der Waals surface area contributed by atoms with Crippen molar-refractivity contribution >= 4 is 91.7 Å². The first kappa shape index (κ1) is 31.0. The molecule has 1 amide bonds. The van der Waals surface area contributed by atoms with Gasteiger partial charge in [-0.15, -0.1) is 11.3 Å². The highest BCUT2D eigenvalue weighted by molar-refractivity contribution is 8.30. The quantitative estimate of drug-likeness (QED) is 0.335. The SMILES string of the molecule is C1CCC2=[N+](CC1)CCN2.CN1C(=CC=c2s/c(=C3\SC(=S)N(CC(=O)O)C3=O)n(CC(=O)[O-])c2=O)Sc2ccccc21. The Bertz CT molecular complexity index is 1730. The van der Waals surface area contributed by atoms with E-state index in [1.54, 1.807) is 12.2 Å². The molecular formula is C28H29N5O6S4. The van der Waals surface area contributed by atoms with E-state index < -0.39 is 36.5 Å². The molecule has 4 aliphatic rings. The van der Waals surface area contributed by atoms with Crippen molar-refractivity contribution in [1.29, 1.82) is 0 Å². The maximum atomic E-state index is 13.0. The highest BCUT2D eigenvalue weighted by Crippen LogP contribution is 2.44. The lowest BCUT2D eigenvalue weighted by Crippen LogP contribution is -2.40. The minimum Gasteiger partial charge on any atom is -0.548 e. The van der Waals surface area contributed by atoms with Crippen LogP contribution in [0.4, 0.5) is 5.69 Å². The number of nitrogens with one attached hydrogen (secondary N) is 1. The molecule has 0 atom stereocenters. The van der Waals surface area contributed by atoms with Crippen molar-refractivity contribution in [3.05, 3.63) is 54.9 Å². The van der Waals surface area contributed by atoms with Crippen molar-refractivity contribution in [2.45, 2.75) is 37.1 Å². The number of amidine groups is 1. The standard InChI is InChI=1S/C20H15N3O6S4.C8H14N2/c1-21-10-4-2-3-5-11(10)31-13(21)7-6-12-17(28)22(8-14(24)25)19(32-12)16-18(29)23(9-15(26)27)20(30)33-16;1-2-4-8-9-5-7-10(8)6-3-1/h2-7H,8-9H2,1H3,(H,24,25)(H,26,27);1-7H2/b12-6?,13-7?,19-16-;. The largest absolute Gasteiger partial charge is 0.548 e. The molecule has 0 aliphatic carbocycles. The molecular weight excluding hydrogens is 631 g/mol. The number of aromatic nitrogens is 1. The van der Waals surface area contributed by atoms with E-state index in [1.807, 2.05) is 36.2 Å². The van der Waals surface area contributed by atoms with E-state index in [9.17, 15) is 24.3 Å². The Hall–Kier alpha value is -3.40. The van der Waals surface area contributed by atoms with Crippen molar-refractivity contribution in [1.82, 2.24) is 14.8 Å². The minimum absolute atomic E-state index is 0.0108. The Morgan fingerprint density at radius 3 is 2.65 bits per heavy atom. The van der Waals surface area contributed by atoms with E-state index >= 15 is 0 Å². The maximum Gasteiger partial charge on any atom is 0.323 e. The van der Waals surface area contributed by atoms with Crippen molar-refractivity contribution in [3.63, 3.8) is 0 Å². The van der Waals surface area contributed by atoms with Gasteiger partial charge in [-0.3, -0.25) is 33.7 Å². The number of nitrogens with zero attached hydrogens (tertiary/aromatic N) is 4. The number of thiazole rings is 1. The number of amides is 1. The molecule has 1 aromatic heterocycles. The molecule has 43 heavy (non-hydrogen) atoms. The number of carboxylic acid groups (broad SMARTS) is 2. The molecule has 226 valence electrons. The summed E-state index contributed by atoms with van der Waals surface area (Å²) in [6, 6.07) is 7.82. The van der Waals surface area contributed by atoms with Gasteiger partial charge in [-0.2, -0.15) is 0 Å². The Labute approximate surface area is 264 Å². The lowest BCUT2D eigenvalue weighted by Gasteiger charge is -2.12. The second-order valence-corrected chi connectivity index (χ2v) is 13.7. The monoisotopic (exact) mass is 659 g/mol. The number of para-hydroxylation sites is 1. The molecule has 1 fully saturated rings. The summed E-state index contributed by atoms with van der Waals surface area (Å²) in [5.41, 5.74) is 0.432. The average Bonchev–Trinajstić information content (AvgIpc) is 3.66.